The predicted molar refractivity (Wildman–Crippen MR) is 92.6 cm³/mol. The van der Waals surface area contributed by atoms with Gasteiger partial charge in [-0.05, 0) is 18.2 Å². The number of rotatable bonds is 5. The first-order valence-electron chi connectivity index (χ1n) is 6.31. The number of nitrogens with one attached hydrogen (secondary N) is 2. The van der Waals surface area contributed by atoms with Crippen LogP contribution in [0.4, 0.5) is 28.8 Å². The molecular weight excluding hydrogens is 429 g/mol. The van der Waals surface area contributed by atoms with Gasteiger partial charge in [0.25, 0.3) is 0 Å². The van der Waals surface area contributed by atoms with Gasteiger partial charge in [0, 0.05) is 10.2 Å². The molecule has 0 aliphatic rings. The third-order valence-electron chi connectivity index (χ3n) is 2.49. The van der Waals surface area contributed by atoms with Crippen LogP contribution in [0.15, 0.2) is 39.7 Å². The minimum Gasteiger partial charge on any atom is -0.307 e. The summed E-state index contributed by atoms with van der Waals surface area (Å²) in [6, 6.07) is 2.63. The maximum Gasteiger partial charge on any atom is 0.418 e. The van der Waals surface area contributed by atoms with E-state index in [-0.39, 0.29) is 15.3 Å². The monoisotopic (exact) mass is 438 g/mol. The second kappa shape index (κ2) is 7.99. The largest absolute Gasteiger partial charge is 0.418 e. The summed E-state index contributed by atoms with van der Waals surface area (Å²) in [5.74, 6) is 0.634. The van der Waals surface area contributed by atoms with Crippen LogP contribution in [-0.4, -0.2) is 22.0 Å². The molecule has 24 heavy (non-hydrogen) atoms. The summed E-state index contributed by atoms with van der Waals surface area (Å²) in [6.45, 7) is 3.57. The second-order valence-electron chi connectivity index (χ2n) is 4.24. The lowest BCUT2D eigenvalue weighted by atomic mass is 10.1. The first-order valence-corrected chi connectivity index (χ1v) is 8.91. The molecule has 0 radical (unpaired) electrons. The Bertz CT molecular complexity index is 751. The highest BCUT2D eigenvalue weighted by Crippen LogP contribution is 2.36. The zero-order valence-electron chi connectivity index (χ0n) is 11.9. The van der Waals surface area contributed by atoms with Crippen LogP contribution in [0.25, 0.3) is 0 Å². The third kappa shape index (κ3) is 5.21. The Balaban J connectivity index is 2.07. The molecule has 0 saturated heterocycles. The van der Waals surface area contributed by atoms with Gasteiger partial charge >= 0.3 is 12.2 Å². The molecule has 0 aliphatic heterocycles. The van der Waals surface area contributed by atoms with Crippen LogP contribution >= 0.6 is 39.0 Å². The smallest absolute Gasteiger partial charge is 0.307 e. The zero-order chi connectivity index (χ0) is 17.7. The molecule has 0 aliphatic carbocycles. The molecule has 1 aromatic carbocycles. The number of thioether (sulfide) groups is 1. The van der Waals surface area contributed by atoms with Crippen molar-refractivity contribution in [2.75, 3.05) is 16.4 Å². The van der Waals surface area contributed by atoms with Crippen molar-refractivity contribution in [1.82, 2.24) is 10.2 Å². The quantitative estimate of drug-likeness (QED) is 0.380. The Hall–Kier alpha value is -1.59. The number of hydrogen-bond acceptors (Lipinski definition) is 5. The normalized spacial score (nSPS) is 11.2. The number of aromatic nitrogens is 2. The number of amides is 2. The Kier molecular flexibility index (Phi) is 6.24. The van der Waals surface area contributed by atoms with Gasteiger partial charge in [-0.1, -0.05) is 45.1 Å². The van der Waals surface area contributed by atoms with Gasteiger partial charge in [-0.15, -0.1) is 16.8 Å². The highest BCUT2D eigenvalue weighted by atomic mass is 79.9. The minimum absolute atomic E-state index is 0.185. The van der Waals surface area contributed by atoms with Crippen LogP contribution in [0.5, 0.6) is 0 Å². The summed E-state index contributed by atoms with van der Waals surface area (Å²) >= 11 is 5.47. The van der Waals surface area contributed by atoms with Crippen molar-refractivity contribution in [2.24, 2.45) is 0 Å². The topological polar surface area (TPSA) is 66.9 Å². The number of benzene rings is 1. The Morgan fingerprint density at radius 2 is 2.12 bits per heavy atom. The molecule has 5 nitrogen and oxygen atoms in total. The van der Waals surface area contributed by atoms with Gasteiger partial charge in [0.2, 0.25) is 5.13 Å². The molecule has 2 N–H and O–H groups in total. The molecular formula is C13H10BrF3N4OS2. The van der Waals surface area contributed by atoms with Crippen LogP contribution in [-0.2, 0) is 6.18 Å². The van der Waals surface area contributed by atoms with Crippen molar-refractivity contribution in [2.45, 2.75) is 10.5 Å². The van der Waals surface area contributed by atoms with Gasteiger partial charge in [0.05, 0.1) is 11.3 Å². The standard InChI is InChI=1S/C13H10BrF3N4OS2/c1-2-5-23-12-21-20-11(24-12)19-10(22)18-9-4-3-7(14)6-8(9)13(15,16)17/h2-4,6H,1,5H2,(H2,18,19,20,22). The Morgan fingerprint density at radius 3 is 2.79 bits per heavy atom. The fourth-order valence-corrected chi connectivity index (χ4v) is 3.43. The molecule has 1 heterocycles. The zero-order valence-corrected chi connectivity index (χ0v) is 15.1. The molecule has 2 amide bonds. The van der Waals surface area contributed by atoms with Crippen LogP contribution in [0.2, 0.25) is 0 Å². The van der Waals surface area contributed by atoms with E-state index >= 15 is 0 Å². The van der Waals surface area contributed by atoms with Crippen LogP contribution in [0.1, 0.15) is 5.56 Å². The third-order valence-corrected chi connectivity index (χ3v) is 4.95. The highest BCUT2D eigenvalue weighted by molar-refractivity contribution is 9.10. The number of urea groups is 1. The molecule has 1 aromatic heterocycles. The Labute approximate surface area is 151 Å². The van der Waals surface area contributed by atoms with E-state index in [1.54, 1.807) is 6.08 Å². The maximum absolute atomic E-state index is 13.0. The van der Waals surface area contributed by atoms with E-state index in [2.05, 4.69) is 43.3 Å². The number of anilines is 2. The van der Waals surface area contributed by atoms with Crippen LogP contribution in [0.3, 0.4) is 0 Å². The summed E-state index contributed by atoms with van der Waals surface area (Å²) in [5.41, 5.74) is -1.31. The predicted octanol–water partition coefficient (Wildman–Crippen LogP) is 5.24. The molecule has 2 rings (SSSR count). The summed E-state index contributed by atoms with van der Waals surface area (Å²) in [7, 11) is 0. The maximum atomic E-state index is 13.0. The van der Waals surface area contributed by atoms with Crippen molar-refractivity contribution < 1.29 is 18.0 Å². The molecule has 128 valence electrons. The average Bonchev–Trinajstić information content (AvgIpc) is 2.93. The SMILES string of the molecule is C=CCSc1nnc(NC(=O)Nc2ccc(Br)cc2C(F)(F)F)s1. The minimum atomic E-state index is -4.59. The summed E-state index contributed by atoms with van der Waals surface area (Å²) in [6.07, 6.45) is -2.90. The molecule has 0 atom stereocenters. The lowest BCUT2D eigenvalue weighted by Gasteiger charge is -2.14. The van der Waals surface area contributed by atoms with E-state index in [1.165, 1.54) is 17.8 Å². The van der Waals surface area contributed by atoms with Gasteiger partial charge in [0.1, 0.15) is 0 Å². The fraction of sp³-hybridized carbons (Fsp3) is 0.154. The highest BCUT2D eigenvalue weighted by Gasteiger charge is 2.34. The lowest BCUT2D eigenvalue weighted by molar-refractivity contribution is -0.136. The van der Waals surface area contributed by atoms with Crippen LogP contribution in [0, 0.1) is 0 Å². The van der Waals surface area contributed by atoms with Gasteiger partial charge in [-0.2, -0.15) is 13.2 Å². The fourth-order valence-electron chi connectivity index (χ4n) is 1.56. The van der Waals surface area contributed by atoms with Gasteiger partial charge in [0.15, 0.2) is 4.34 Å². The number of carbonyl (C=O) groups excluding carboxylic acids is 1. The Morgan fingerprint density at radius 1 is 1.38 bits per heavy atom. The first kappa shape index (κ1) is 18.7. The number of nitrogens with zero attached hydrogens (tertiary/aromatic N) is 2. The van der Waals surface area contributed by atoms with E-state index in [1.807, 2.05) is 0 Å². The lowest BCUT2D eigenvalue weighted by Crippen LogP contribution is -2.21. The molecule has 0 fully saturated rings. The van der Waals surface area contributed by atoms with Gasteiger partial charge < -0.3 is 5.32 Å². The number of carbonyl (C=O) groups is 1. The summed E-state index contributed by atoms with van der Waals surface area (Å²) in [5, 5.41) is 12.3. The van der Waals surface area contributed by atoms with E-state index in [0.717, 1.165) is 23.5 Å². The van der Waals surface area contributed by atoms with E-state index in [0.29, 0.717) is 10.1 Å². The van der Waals surface area contributed by atoms with Crippen LogP contribution < -0.4 is 10.6 Å². The van der Waals surface area contributed by atoms with E-state index < -0.39 is 17.8 Å². The average molecular weight is 439 g/mol. The number of hydrogen-bond donors (Lipinski definition) is 2. The molecule has 0 saturated carbocycles. The van der Waals surface area contributed by atoms with E-state index in [4.69, 9.17) is 0 Å². The van der Waals surface area contributed by atoms with E-state index in [9.17, 15) is 18.0 Å². The molecule has 0 bridgehead atoms. The van der Waals surface area contributed by atoms with Gasteiger partial charge in [-0.3, -0.25) is 5.32 Å². The van der Waals surface area contributed by atoms with Crippen molar-refractivity contribution in [1.29, 1.82) is 0 Å². The first-order chi connectivity index (χ1) is 11.3. The molecule has 0 unspecified atom stereocenters. The van der Waals surface area contributed by atoms with Gasteiger partial charge in [-0.25, -0.2) is 4.79 Å². The van der Waals surface area contributed by atoms with Crippen molar-refractivity contribution in [3.05, 3.63) is 40.9 Å². The van der Waals surface area contributed by atoms with Crippen molar-refractivity contribution in [3.8, 4) is 0 Å². The van der Waals surface area contributed by atoms with Crippen molar-refractivity contribution >= 4 is 55.9 Å². The number of alkyl halides is 3. The summed E-state index contributed by atoms with van der Waals surface area (Å²) in [4.78, 5) is 11.9. The molecule has 11 heteroatoms. The molecule has 2 aromatic rings. The molecule has 0 spiro atoms. The number of halogens is 4. The van der Waals surface area contributed by atoms with Crippen molar-refractivity contribution in [3.63, 3.8) is 0 Å². The second-order valence-corrected chi connectivity index (χ2v) is 7.40. The summed E-state index contributed by atoms with van der Waals surface area (Å²) < 4.78 is 39.9.